The highest BCUT2D eigenvalue weighted by atomic mass is 32.1. The number of allylic oxidation sites excluding steroid dienone is 1. The second kappa shape index (κ2) is 8.61. The van der Waals surface area contributed by atoms with E-state index in [0.717, 1.165) is 49.3 Å². The van der Waals surface area contributed by atoms with E-state index in [1.54, 1.807) is 6.07 Å². The zero-order valence-electron chi connectivity index (χ0n) is 18.2. The maximum Gasteiger partial charge on any atom is 0.393 e. The van der Waals surface area contributed by atoms with Gasteiger partial charge in [0.15, 0.2) is 0 Å². The van der Waals surface area contributed by atoms with Crippen molar-refractivity contribution in [1.82, 2.24) is 14.9 Å². The first kappa shape index (κ1) is 22.2. The number of aromatic nitrogens is 2. The number of aromatic hydroxyl groups is 1. The Hall–Kier alpha value is -2.65. The van der Waals surface area contributed by atoms with E-state index in [4.69, 9.17) is 0 Å². The average Bonchev–Trinajstić information content (AvgIpc) is 3.30. The Bertz CT molecular complexity index is 1210. The van der Waals surface area contributed by atoms with Gasteiger partial charge in [-0.05, 0) is 55.5 Å². The zero-order chi connectivity index (χ0) is 23.2. The lowest BCUT2D eigenvalue weighted by atomic mass is 10.0. The molecule has 9 heteroatoms. The highest BCUT2D eigenvalue weighted by Crippen LogP contribution is 2.34. The van der Waals surface area contributed by atoms with Crippen LogP contribution in [0, 0.1) is 0 Å². The lowest BCUT2D eigenvalue weighted by Crippen LogP contribution is -2.38. The molecular formula is C24H25F3N4OS. The van der Waals surface area contributed by atoms with Crippen molar-refractivity contribution in [1.29, 1.82) is 0 Å². The summed E-state index contributed by atoms with van der Waals surface area (Å²) in [5.41, 5.74) is 4.63. The van der Waals surface area contributed by atoms with Crippen LogP contribution in [0.2, 0.25) is 0 Å². The van der Waals surface area contributed by atoms with E-state index in [1.165, 1.54) is 23.0 Å². The van der Waals surface area contributed by atoms with E-state index in [-0.39, 0.29) is 10.9 Å². The minimum Gasteiger partial charge on any atom is -0.508 e. The van der Waals surface area contributed by atoms with Gasteiger partial charge in [0.2, 0.25) is 0 Å². The van der Waals surface area contributed by atoms with Gasteiger partial charge in [-0.25, -0.2) is 9.97 Å². The standard InChI is InChI=1S/C24H25F3N4OS/c1-14-6-15-8-17(21(32)9-16(15)7-14)12-31-4-2-18(3-5-31)30-22-20-10-19(11-24(25,26)27)33-23(20)29-13-28-22/h6,8-10,13,18,32H,2-5,7,11-12H2,1H3,(H,28,29,30). The number of phenols is 1. The number of piperidine rings is 1. The van der Waals surface area contributed by atoms with Crippen LogP contribution in [0.5, 0.6) is 5.75 Å². The summed E-state index contributed by atoms with van der Waals surface area (Å²) in [7, 11) is 0. The average molecular weight is 475 g/mol. The van der Waals surface area contributed by atoms with Crippen LogP contribution >= 0.6 is 11.3 Å². The van der Waals surface area contributed by atoms with Crippen LogP contribution in [0.3, 0.4) is 0 Å². The van der Waals surface area contributed by atoms with Crippen molar-refractivity contribution in [3.63, 3.8) is 0 Å². The Labute approximate surface area is 194 Å². The zero-order valence-corrected chi connectivity index (χ0v) is 19.1. The maximum absolute atomic E-state index is 12.8. The van der Waals surface area contributed by atoms with Crippen molar-refractivity contribution in [2.45, 2.75) is 51.4 Å². The summed E-state index contributed by atoms with van der Waals surface area (Å²) in [4.78, 5) is 11.6. The fourth-order valence-electron chi connectivity index (χ4n) is 4.70. The number of nitrogens with one attached hydrogen (secondary N) is 1. The third-order valence-electron chi connectivity index (χ3n) is 6.29. The molecular weight excluding hydrogens is 449 g/mol. The minimum absolute atomic E-state index is 0.185. The SMILES string of the molecule is CC1=Cc2cc(CN3CCC(Nc4ncnc5sc(CC(F)(F)F)cc45)CC3)c(O)cc2C1. The molecule has 3 aromatic rings. The summed E-state index contributed by atoms with van der Waals surface area (Å²) in [6.07, 6.45) is 1.07. The van der Waals surface area contributed by atoms with Gasteiger partial charge in [-0.3, -0.25) is 4.90 Å². The first-order valence-corrected chi connectivity index (χ1v) is 11.9. The minimum atomic E-state index is -4.24. The number of hydrogen-bond acceptors (Lipinski definition) is 6. The molecule has 0 atom stereocenters. The molecule has 2 N–H and O–H groups in total. The number of phenolic OH excluding ortho intramolecular Hbond substituents is 1. The van der Waals surface area contributed by atoms with Gasteiger partial charge in [-0.1, -0.05) is 11.6 Å². The molecule has 0 unspecified atom stereocenters. The van der Waals surface area contributed by atoms with Crippen LogP contribution in [0.4, 0.5) is 19.0 Å². The molecule has 33 heavy (non-hydrogen) atoms. The van der Waals surface area contributed by atoms with Crippen molar-refractivity contribution in [3.8, 4) is 5.75 Å². The molecule has 0 spiro atoms. The lowest BCUT2D eigenvalue weighted by Gasteiger charge is -2.33. The van der Waals surface area contributed by atoms with Gasteiger partial charge in [0.25, 0.3) is 0 Å². The molecule has 0 saturated carbocycles. The molecule has 0 bridgehead atoms. The number of anilines is 1. The van der Waals surface area contributed by atoms with E-state index in [2.05, 4.69) is 39.3 Å². The van der Waals surface area contributed by atoms with Gasteiger partial charge in [0.05, 0.1) is 11.8 Å². The summed E-state index contributed by atoms with van der Waals surface area (Å²) in [6, 6.07) is 5.72. The summed E-state index contributed by atoms with van der Waals surface area (Å²) >= 11 is 1.06. The fourth-order valence-corrected chi connectivity index (χ4v) is 5.73. The van der Waals surface area contributed by atoms with Crippen molar-refractivity contribution >= 4 is 33.4 Å². The quantitative estimate of drug-likeness (QED) is 0.509. The van der Waals surface area contributed by atoms with Crippen molar-refractivity contribution in [3.05, 3.63) is 51.7 Å². The molecule has 1 aromatic carbocycles. The Morgan fingerprint density at radius 2 is 1.97 bits per heavy atom. The number of likely N-dealkylation sites (tertiary alicyclic amines) is 1. The Morgan fingerprint density at radius 3 is 2.73 bits per heavy atom. The van der Waals surface area contributed by atoms with Gasteiger partial charge in [-0.15, -0.1) is 11.3 Å². The topological polar surface area (TPSA) is 61.3 Å². The summed E-state index contributed by atoms with van der Waals surface area (Å²) < 4.78 is 38.3. The molecule has 0 radical (unpaired) electrons. The number of alkyl halides is 3. The molecule has 174 valence electrons. The largest absolute Gasteiger partial charge is 0.508 e. The molecule has 1 saturated heterocycles. The second-order valence-electron chi connectivity index (χ2n) is 8.99. The summed E-state index contributed by atoms with van der Waals surface area (Å²) in [5.74, 6) is 0.953. The van der Waals surface area contributed by atoms with Crippen molar-refractivity contribution in [2.24, 2.45) is 0 Å². The Kier molecular flexibility index (Phi) is 5.78. The molecule has 5 rings (SSSR count). The highest BCUT2D eigenvalue weighted by molar-refractivity contribution is 7.18. The van der Waals surface area contributed by atoms with Gasteiger partial charge in [0.1, 0.15) is 22.7 Å². The third-order valence-corrected chi connectivity index (χ3v) is 7.33. The maximum atomic E-state index is 12.8. The molecule has 3 heterocycles. The fraction of sp³-hybridized carbons (Fsp3) is 0.417. The molecule has 1 aliphatic heterocycles. The van der Waals surface area contributed by atoms with Crippen LogP contribution in [0.25, 0.3) is 16.3 Å². The molecule has 1 aliphatic carbocycles. The van der Waals surface area contributed by atoms with Gasteiger partial charge in [-0.2, -0.15) is 13.2 Å². The molecule has 2 aromatic heterocycles. The first-order valence-electron chi connectivity index (χ1n) is 11.0. The normalized spacial score (nSPS) is 17.4. The number of nitrogens with zero attached hydrogens (tertiary/aromatic N) is 3. The van der Waals surface area contributed by atoms with E-state index in [9.17, 15) is 18.3 Å². The molecule has 5 nitrogen and oxygen atoms in total. The summed E-state index contributed by atoms with van der Waals surface area (Å²) in [5, 5.41) is 14.5. The number of benzene rings is 1. The van der Waals surface area contributed by atoms with E-state index < -0.39 is 12.6 Å². The van der Waals surface area contributed by atoms with Crippen LogP contribution in [0.15, 0.2) is 30.1 Å². The van der Waals surface area contributed by atoms with Crippen LogP contribution < -0.4 is 5.32 Å². The Balaban J connectivity index is 1.22. The van der Waals surface area contributed by atoms with Crippen molar-refractivity contribution in [2.75, 3.05) is 18.4 Å². The van der Waals surface area contributed by atoms with Gasteiger partial charge in [0, 0.05) is 36.1 Å². The predicted octanol–water partition coefficient (Wildman–Crippen LogP) is 5.54. The highest BCUT2D eigenvalue weighted by Gasteiger charge is 2.29. The van der Waals surface area contributed by atoms with Crippen molar-refractivity contribution < 1.29 is 18.3 Å². The Morgan fingerprint density at radius 1 is 1.18 bits per heavy atom. The number of rotatable bonds is 5. The van der Waals surface area contributed by atoms with Crippen LogP contribution in [0.1, 0.15) is 41.3 Å². The predicted molar refractivity (Wildman–Crippen MR) is 125 cm³/mol. The number of thiophene rings is 1. The smallest absolute Gasteiger partial charge is 0.393 e. The molecule has 1 fully saturated rings. The van der Waals surface area contributed by atoms with Gasteiger partial charge >= 0.3 is 6.18 Å². The third kappa shape index (κ3) is 4.99. The van der Waals surface area contributed by atoms with E-state index in [0.29, 0.717) is 28.3 Å². The van der Waals surface area contributed by atoms with Crippen LogP contribution in [-0.2, 0) is 19.4 Å². The summed E-state index contributed by atoms with van der Waals surface area (Å²) in [6.45, 7) is 4.52. The number of halogens is 3. The molecule has 2 aliphatic rings. The van der Waals surface area contributed by atoms with E-state index >= 15 is 0 Å². The van der Waals surface area contributed by atoms with Gasteiger partial charge < -0.3 is 10.4 Å². The molecule has 0 amide bonds. The second-order valence-corrected chi connectivity index (χ2v) is 10.1. The monoisotopic (exact) mass is 474 g/mol. The first-order chi connectivity index (χ1) is 15.7. The van der Waals surface area contributed by atoms with Crippen LogP contribution in [-0.4, -0.2) is 45.3 Å². The number of hydrogen-bond donors (Lipinski definition) is 2. The number of fused-ring (bicyclic) bond motifs is 2. The van der Waals surface area contributed by atoms with E-state index in [1.807, 2.05) is 6.07 Å². The lowest BCUT2D eigenvalue weighted by molar-refractivity contribution is -0.126.